The summed E-state index contributed by atoms with van der Waals surface area (Å²) in [6.07, 6.45) is 2.08. The lowest BCUT2D eigenvalue weighted by atomic mass is 9.96. The Morgan fingerprint density at radius 3 is 2.35 bits per heavy atom. The van der Waals surface area contributed by atoms with Crippen LogP contribution in [-0.2, 0) is 17.7 Å². The molecule has 0 radical (unpaired) electrons. The fourth-order valence-corrected chi connectivity index (χ4v) is 3.76. The van der Waals surface area contributed by atoms with Gasteiger partial charge in [0.05, 0.1) is 7.11 Å². The fourth-order valence-electron chi connectivity index (χ4n) is 3.76. The predicted molar refractivity (Wildman–Crippen MR) is 120 cm³/mol. The van der Waals surface area contributed by atoms with Gasteiger partial charge in [-0.25, -0.2) is 14.8 Å². The van der Waals surface area contributed by atoms with Crippen LogP contribution in [-0.4, -0.2) is 40.2 Å². The first-order valence-corrected chi connectivity index (χ1v) is 10.4. The third-order valence-electron chi connectivity index (χ3n) is 5.20. The zero-order chi connectivity index (χ0) is 22.0. The molecule has 4 rings (SSSR count). The molecule has 2 heterocycles. The fraction of sp³-hybridized carbons (Fsp3) is 0.320. The molecule has 0 spiro atoms. The number of rotatable bonds is 3. The number of amides is 1. The molecule has 1 amide bonds. The molecule has 2 aromatic carbocycles. The van der Waals surface area contributed by atoms with Crippen LogP contribution in [0, 0.1) is 0 Å². The number of fused-ring (bicyclic) bond motifs is 1. The van der Waals surface area contributed by atoms with Gasteiger partial charge < -0.3 is 14.4 Å². The quantitative estimate of drug-likeness (QED) is 0.592. The number of carbonyl (C=O) groups excluding carboxylic acids is 1. The summed E-state index contributed by atoms with van der Waals surface area (Å²) in [5.41, 5.74) is 5.20. The van der Waals surface area contributed by atoms with Crippen molar-refractivity contribution in [3.05, 3.63) is 66.0 Å². The van der Waals surface area contributed by atoms with Gasteiger partial charge in [0.1, 0.15) is 23.3 Å². The van der Waals surface area contributed by atoms with Gasteiger partial charge in [-0.2, -0.15) is 0 Å². The Hall–Kier alpha value is -3.41. The highest BCUT2D eigenvalue weighted by Crippen LogP contribution is 2.36. The van der Waals surface area contributed by atoms with Crippen LogP contribution in [0.3, 0.4) is 0 Å². The molecule has 6 nitrogen and oxygen atoms in total. The van der Waals surface area contributed by atoms with Gasteiger partial charge in [-0.15, -0.1) is 0 Å². The monoisotopic (exact) mass is 417 g/mol. The lowest BCUT2D eigenvalue weighted by Crippen LogP contribution is -2.39. The van der Waals surface area contributed by atoms with Crippen LogP contribution in [0.5, 0.6) is 5.75 Å². The first-order chi connectivity index (χ1) is 14.9. The van der Waals surface area contributed by atoms with Crippen LogP contribution in [0.25, 0.3) is 22.5 Å². The van der Waals surface area contributed by atoms with E-state index in [2.05, 4.69) is 28.2 Å². The maximum Gasteiger partial charge on any atom is 0.410 e. The number of hydrogen-bond acceptors (Lipinski definition) is 5. The molecule has 0 atom stereocenters. The summed E-state index contributed by atoms with van der Waals surface area (Å²) in [6.45, 7) is 6.80. The summed E-state index contributed by atoms with van der Waals surface area (Å²) in [4.78, 5) is 23.3. The van der Waals surface area contributed by atoms with E-state index in [9.17, 15) is 4.79 Å². The Bertz CT molecular complexity index is 1090. The normalized spacial score (nSPS) is 13.5. The molecule has 0 aliphatic carbocycles. The van der Waals surface area contributed by atoms with E-state index in [0.29, 0.717) is 18.8 Å². The van der Waals surface area contributed by atoms with Crippen LogP contribution < -0.4 is 4.74 Å². The molecule has 0 saturated heterocycles. The standard InChI is InChI=1S/C25H27N3O3/c1-25(2,3)31-24(29)28-13-12-17-10-11-19(14-20(17)15-28)22-23(30-4)21(26-16-27-22)18-8-6-5-7-9-18/h5-11,14,16H,12-13,15H2,1-4H3. The lowest BCUT2D eigenvalue weighted by molar-refractivity contribution is 0.0224. The summed E-state index contributed by atoms with van der Waals surface area (Å²) in [7, 11) is 1.64. The van der Waals surface area contributed by atoms with Gasteiger partial charge in [-0.3, -0.25) is 0 Å². The van der Waals surface area contributed by atoms with Crippen LogP contribution in [0.1, 0.15) is 31.9 Å². The Morgan fingerprint density at radius 1 is 0.968 bits per heavy atom. The number of ether oxygens (including phenoxy) is 2. The maximum atomic E-state index is 12.5. The Kier molecular flexibility index (Phi) is 5.63. The predicted octanol–water partition coefficient (Wildman–Crippen LogP) is 5.11. The van der Waals surface area contributed by atoms with Crippen molar-refractivity contribution in [1.82, 2.24) is 14.9 Å². The van der Waals surface area contributed by atoms with Crippen molar-refractivity contribution in [2.75, 3.05) is 13.7 Å². The van der Waals surface area contributed by atoms with E-state index in [1.165, 1.54) is 5.56 Å². The van der Waals surface area contributed by atoms with E-state index < -0.39 is 5.60 Å². The lowest BCUT2D eigenvalue weighted by Gasteiger charge is -2.31. The van der Waals surface area contributed by atoms with Crippen molar-refractivity contribution < 1.29 is 14.3 Å². The molecule has 6 heteroatoms. The highest BCUT2D eigenvalue weighted by Gasteiger charge is 2.26. The second-order valence-corrected chi connectivity index (χ2v) is 8.61. The second-order valence-electron chi connectivity index (χ2n) is 8.61. The topological polar surface area (TPSA) is 64.6 Å². The third-order valence-corrected chi connectivity index (χ3v) is 5.20. The first-order valence-electron chi connectivity index (χ1n) is 10.4. The summed E-state index contributed by atoms with van der Waals surface area (Å²) in [5, 5.41) is 0. The first kappa shape index (κ1) is 20.8. The zero-order valence-electron chi connectivity index (χ0n) is 18.4. The zero-order valence-corrected chi connectivity index (χ0v) is 18.4. The third kappa shape index (κ3) is 4.53. The van der Waals surface area contributed by atoms with Crippen molar-refractivity contribution in [1.29, 1.82) is 0 Å². The molecule has 31 heavy (non-hydrogen) atoms. The van der Waals surface area contributed by atoms with Crippen LogP contribution in [0.4, 0.5) is 4.79 Å². The van der Waals surface area contributed by atoms with Crippen molar-refractivity contribution in [3.63, 3.8) is 0 Å². The van der Waals surface area contributed by atoms with E-state index in [1.807, 2.05) is 51.1 Å². The van der Waals surface area contributed by atoms with Gasteiger partial charge in [-0.05, 0) is 44.4 Å². The van der Waals surface area contributed by atoms with Crippen molar-refractivity contribution in [2.24, 2.45) is 0 Å². The molecule has 0 fully saturated rings. The number of hydrogen-bond donors (Lipinski definition) is 0. The molecular formula is C25H27N3O3. The molecule has 1 aliphatic heterocycles. The minimum atomic E-state index is -0.513. The molecule has 1 aliphatic rings. The molecule has 3 aromatic rings. The number of aromatic nitrogens is 2. The average molecular weight is 418 g/mol. The van der Waals surface area contributed by atoms with Crippen LogP contribution in [0.15, 0.2) is 54.9 Å². The van der Waals surface area contributed by atoms with Gasteiger partial charge in [0.25, 0.3) is 0 Å². The van der Waals surface area contributed by atoms with Crippen LogP contribution in [0.2, 0.25) is 0 Å². The van der Waals surface area contributed by atoms with Crippen molar-refractivity contribution in [3.8, 4) is 28.3 Å². The summed E-state index contributed by atoms with van der Waals surface area (Å²) < 4.78 is 11.3. The molecule has 0 bridgehead atoms. The van der Waals surface area contributed by atoms with Gasteiger partial charge in [0.15, 0.2) is 5.75 Å². The molecule has 0 saturated carbocycles. The van der Waals surface area contributed by atoms with Gasteiger partial charge >= 0.3 is 6.09 Å². The minimum absolute atomic E-state index is 0.283. The Balaban J connectivity index is 1.67. The maximum absolute atomic E-state index is 12.5. The van der Waals surface area contributed by atoms with Crippen molar-refractivity contribution in [2.45, 2.75) is 39.3 Å². The summed E-state index contributed by atoms with van der Waals surface area (Å²) >= 11 is 0. The van der Waals surface area contributed by atoms with Crippen LogP contribution >= 0.6 is 0 Å². The highest BCUT2D eigenvalue weighted by atomic mass is 16.6. The van der Waals surface area contributed by atoms with E-state index in [4.69, 9.17) is 9.47 Å². The van der Waals surface area contributed by atoms with E-state index >= 15 is 0 Å². The minimum Gasteiger partial charge on any atom is -0.492 e. The molecular weight excluding hydrogens is 390 g/mol. The van der Waals surface area contributed by atoms with Gasteiger partial charge in [-0.1, -0.05) is 42.5 Å². The number of nitrogens with zero attached hydrogens (tertiary/aromatic N) is 3. The molecule has 0 N–H and O–H groups in total. The average Bonchev–Trinajstić information content (AvgIpc) is 2.77. The van der Waals surface area contributed by atoms with Gasteiger partial charge in [0.2, 0.25) is 0 Å². The van der Waals surface area contributed by atoms with E-state index in [0.717, 1.165) is 34.5 Å². The number of methoxy groups -OCH3 is 1. The van der Waals surface area contributed by atoms with E-state index in [1.54, 1.807) is 18.3 Å². The molecule has 160 valence electrons. The smallest absolute Gasteiger partial charge is 0.410 e. The van der Waals surface area contributed by atoms with E-state index in [-0.39, 0.29) is 6.09 Å². The number of benzene rings is 2. The Morgan fingerprint density at radius 2 is 1.68 bits per heavy atom. The molecule has 1 aromatic heterocycles. The second kappa shape index (κ2) is 8.38. The SMILES string of the molecule is COc1c(-c2ccccc2)ncnc1-c1ccc2c(c1)CN(C(=O)OC(C)(C)C)CC2. The molecule has 0 unspecified atom stereocenters. The van der Waals surface area contributed by atoms with Crippen molar-refractivity contribution >= 4 is 6.09 Å². The van der Waals surface area contributed by atoms with Gasteiger partial charge in [0, 0.05) is 24.2 Å². The highest BCUT2D eigenvalue weighted by molar-refractivity contribution is 5.78. The Labute approximate surface area is 182 Å². The summed E-state index contributed by atoms with van der Waals surface area (Å²) in [6, 6.07) is 16.2. The largest absolute Gasteiger partial charge is 0.492 e. The summed E-state index contributed by atoms with van der Waals surface area (Å²) in [5.74, 6) is 0.633. The number of carbonyl (C=O) groups is 1.